The van der Waals surface area contributed by atoms with E-state index in [2.05, 4.69) is 0 Å². The number of alkyl halides is 3. The van der Waals surface area contributed by atoms with Gasteiger partial charge in [-0.05, 0) is 27.3 Å². The molecule has 2 N–H and O–H groups in total. The second kappa shape index (κ2) is 4.95. The highest BCUT2D eigenvalue weighted by Crippen LogP contribution is 2.37. The highest BCUT2D eigenvalue weighted by atomic mass is 19.4. The largest absolute Gasteiger partial charge is 0.444 e. The molecule has 0 aromatic heterocycles. The lowest BCUT2D eigenvalue weighted by atomic mass is 9.96. The second-order valence-corrected chi connectivity index (χ2v) is 5.53. The van der Waals surface area contributed by atoms with E-state index >= 15 is 0 Å². The molecule has 2 unspecified atom stereocenters. The van der Waals surface area contributed by atoms with Gasteiger partial charge in [0.2, 0.25) is 0 Å². The Hall–Kier alpha value is -0.980. The molecule has 1 amide bonds. The summed E-state index contributed by atoms with van der Waals surface area (Å²) in [5.74, 6) is -2.31. The third-order valence-electron chi connectivity index (χ3n) is 2.82. The summed E-state index contributed by atoms with van der Waals surface area (Å²) in [4.78, 5) is 12.8. The quantitative estimate of drug-likeness (QED) is 0.791. The van der Waals surface area contributed by atoms with Crippen molar-refractivity contribution in [1.29, 1.82) is 0 Å². The van der Waals surface area contributed by atoms with Gasteiger partial charge in [0, 0.05) is 19.0 Å². The Bertz CT molecular complexity index is 312. The minimum Gasteiger partial charge on any atom is -0.444 e. The highest BCUT2D eigenvalue weighted by molar-refractivity contribution is 5.68. The predicted octanol–water partition coefficient (Wildman–Crippen LogP) is 1.99. The minimum atomic E-state index is -4.33. The molecular weight excluding hydrogens is 249 g/mol. The van der Waals surface area contributed by atoms with Gasteiger partial charge in [0.25, 0.3) is 0 Å². The lowest BCUT2D eigenvalue weighted by Gasteiger charge is -2.24. The average molecular weight is 268 g/mol. The van der Waals surface area contributed by atoms with Crippen molar-refractivity contribution in [1.82, 2.24) is 4.90 Å². The van der Waals surface area contributed by atoms with E-state index in [1.807, 2.05) is 0 Å². The number of hydrogen-bond acceptors (Lipinski definition) is 3. The number of carbonyl (C=O) groups excluding carboxylic acids is 1. The number of hydrogen-bond donors (Lipinski definition) is 1. The molecule has 1 aliphatic heterocycles. The van der Waals surface area contributed by atoms with Gasteiger partial charge in [-0.15, -0.1) is 0 Å². The maximum absolute atomic E-state index is 12.7. The van der Waals surface area contributed by atoms with Crippen molar-refractivity contribution in [2.24, 2.45) is 17.6 Å². The highest BCUT2D eigenvalue weighted by Gasteiger charge is 2.50. The van der Waals surface area contributed by atoms with E-state index in [4.69, 9.17) is 10.5 Å². The first kappa shape index (κ1) is 15.1. The van der Waals surface area contributed by atoms with Gasteiger partial charge < -0.3 is 15.4 Å². The normalized spacial score (nSPS) is 25.4. The zero-order valence-corrected chi connectivity index (χ0v) is 10.8. The summed E-state index contributed by atoms with van der Waals surface area (Å²) in [5.41, 5.74) is 4.62. The third kappa shape index (κ3) is 3.76. The van der Waals surface area contributed by atoms with E-state index in [-0.39, 0.29) is 19.6 Å². The molecule has 2 atom stereocenters. The van der Waals surface area contributed by atoms with E-state index in [9.17, 15) is 18.0 Å². The molecule has 18 heavy (non-hydrogen) atoms. The Morgan fingerprint density at radius 1 is 1.33 bits per heavy atom. The fraction of sp³-hybridized carbons (Fsp3) is 0.909. The van der Waals surface area contributed by atoms with Crippen molar-refractivity contribution in [3.63, 3.8) is 0 Å². The number of likely N-dealkylation sites (tertiary alicyclic amines) is 1. The Balaban J connectivity index is 2.70. The first-order valence-corrected chi connectivity index (χ1v) is 5.79. The summed E-state index contributed by atoms with van der Waals surface area (Å²) in [6, 6.07) is 0. The first-order chi connectivity index (χ1) is 8.04. The van der Waals surface area contributed by atoms with Gasteiger partial charge in [-0.2, -0.15) is 13.2 Å². The Morgan fingerprint density at radius 2 is 1.89 bits per heavy atom. The van der Waals surface area contributed by atoms with Crippen LogP contribution < -0.4 is 5.73 Å². The monoisotopic (exact) mass is 268 g/mol. The van der Waals surface area contributed by atoms with Crippen molar-refractivity contribution in [2.75, 3.05) is 19.6 Å². The Kier molecular flexibility index (Phi) is 4.15. The molecule has 0 spiro atoms. The number of nitrogens with two attached hydrogens (primary N) is 1. The van der Waals surface area contributed by atoms with Crippen LogP contribution in [0.1, 0.15) is 20.8 Å². The molecular formula is C11H19F3N2O2. The van der Waals surface area contributed by atoms with E-state index in [1.165, 1.54) is 0 Å². The topological polar surface area (TPSA) is 55.6 Å². The van der Waals surface area contributed by atoms with Crippen LogP contribution in [0.25, 0.3) is 0 Å². The molecule has 106 valence electrons. The molecule has 0 bridgehead atoms. The van der Waals surface area contributed by atoms with Crippen molar-refractivity contribution in [3.8, 4) is 0 Å². The zero-order chi connectivity index (χ0) is 14.1. The summed E-state index contributed by atoms with van der Waals surface area (Å²) >= 11 is 0. The molecule has 1 heterocycles. The number of nitrogens with zero attached hydrogens (tertiary/aromatic N) is 1. The summed E-state index contributed by atoms with van der Waals surface area (Å²) in [7, 11) is 0. The lowest BCUT2D eigenvalue weighted by Crippen LogP contribution is -2.36. The van der Waals surface area contributed by atoms with Gasteiger partial charge in [-0.3, -0.25) is 0 Å². The van der Waals surface area contributed by atoms with Gasteiger partial charge >= 0.3 is 12.3 Å². The van der Waals surface area contributed by atoms with E-state index in [0.717, 1.165) is 4.90 Å². The van der Waals surface area contributed by atoms with Crippen molar-refractivity contribution in [3.05, 3.63) is 0 Å². The first-order valence-electron chi connectivity index (χ1n) is 5.79. The zero-order valence-electron chi connectivity index (χ0n) is 10.8. The van der Waals surface area contributed by atoms with Crippen LogP contribution in [0.2, 0.25) is 0 Å². The van der Waals surface area contributed by atoms with Crippen LogP contribution in [0.15, 0.2) is 0 Å². The molecule has 4 nitrogen and oxygen atoms in total. The number of carbonyl (C=O) groups is 1. The van der Waals surface area contributed by atoms with Crippen LogP contribution in [-0.4, -0.2) is 42.4 Å². The number of halogens is 3. The molecule has 1 fully saturated rings. The molecule has 0 saturated carbocycles. The van der Waals surface area contributed by atoms with Crippen molar-refractivity contribution < 1.29 is 22.7 Å². The smallest absolute Gasteiger partial charge is 0.410 e. The van der Waals surface area contributed by atoms with Crippen LogP contribution in [0.5, 0.6) is 0 Å². The predicted molar refractivity (Wildman–Crippen MR) is 59.9 cm³/mol. The van der Waals surface area contributed by atoms with E-state index in [0.29, 0.717) is 0 Å². The Labute approximate surface area is 104 Å². The average Bonchev–Trinajstić information content (AvgIpc) is 2.57. The SMILES string of the molecule is CC(C)(C)OC(=O)N1CC(CN)C(C(F)(F)F)C1. The molecule has 1 aliphatic rings. The van der Waals surface area contributed by atoms with Crippen LogP contribution in [0.4, 0.5) is 18.0 Å². The summed E-state index contributed by atoms with van der Waals surface area (Å²) < 4.78 is 43.3. The number of rotatable bonds is 1. The van der Waals surface area contributed by atoms with E-state index < -0.39 is 29.7 Å². The van der Waals surface area contributed by atoms with E-state index in [1.54, 1.807) is 20.8 Å². The number of amides is 1. The molecule has 1 saturated heterocycles. The standard InChI is InChI=1S/C11H19F3N2O2/c1-10(2,3)18-9(17)16-5-7(4-15)8(6-16)11(12,13)14/h7-8H,4-6,15H2,1-3H3. The maximum Gasteiger partial charge on any atom is 0.410 e. The second-order valence-electron chi connectivity index (χ2n) is 5.53. The van der Waals surface area contributed by atoms with Crippen molar-refractivity contribution >= 4 is 6.09 Å². The van der Waals surface area contributed by atoms with Gasteiger partial charge in [0.1, 0.15) is 5.60 Å². The fourth-order valence-corrected chi connectivity index (χ4v) is 1.96. The summed E-state index contributed by atoms with van der Waals surface area (Å²) in [6.07, 6.45) is -5.05. The third-order valence-corrected chi connectivity index (χ3v) is 2.82. The maximum atomic E-state index is 12.7. The summed E-state index contributed by atoms with van der Waals surface area (Å²) in [5, 5.41) is 0. The molecule has 0 radical (unpaired) electrons. The van der Waals surface area contributed by atoms with Gasteiger partial charge in [0.15, 0.2) is 0 Å². The molecule has 0 aliphatic carbocycles. The van der Waals surface area contributed by atoms with Gasteiger partial charge in [-0.1, -0.05) is 0 Å². The van der Waals surface area contributed by atoms with Crippen molar-refractivity contribution in [2.45, 2.75) is 32.5 Å². The van der Waals surface area contributed by atoms with Gasteiger partial charge in [0.05, 0.1) is 5.92 Å². The lowest BCUT2D eigenvalue weighted by molar-refractivity contribution is -0.179. The van der Waals surface area contributed by atoms with Crippen LogP contribution in [-0.2, 0) is 4.74 Å². The minimum absolute atomic E-state index is 0.00438. The van der Waals surface area contributed by atoms with Crippen LogP contribution in [0, 0.1) is 11.8 Å². The summed E-state index contributed by atoms with van der Waals surface area (Å²) in [6.45, 7) is 4.53. The van der Waals surface area contributed by atoms with Crippen LogP contribution >= 0.6 is 0 Å². The van der Waals surface area contributed by atoms with Crippen LogP contribution in [0.3, 0.4) is 0 Å². The molecule has 1 rings (SSSR count). The Morgan fingerprint density at radius 3 is 2.22 bits per heavy atom. The number of ether oxygens (including phenoxy) is 1. The molecule has 7 heteroatoms. The molecule has 0 aromatic rings. The molecule has 0 aromatic carbocycles. The fourth-order valence-electron chi connectivity index (χ4n) is 1.96. The van der Waals surface area contributed by atoms with Gasteiger partial charge in [-0.25, -0.2) is 4.79 Å².